The Balaban J connectivity index is 1.71. The first-order valence-corrected chi connectivity index (χ1v) is 8.10. The van der Waals surface area contributed by atoms with Crippen LogP contribution >= 0.6 is 0 Å². The van der Waals surface area contributed by atoms with Gasteiger partial charge in [0, 0.05) is 44.1 Å². The maximum absolute atomic E-state index is 4.49. The second-order valence-electron chi connectivity index (χ2n) is 6.71. The van der Waals surface area contributed by atoms with Crippen LogP contribution in [0.1, 0.15) is 25.7 Å². The molecule has 5 heteroatoms. The van der Waals surface area contributed by atoms with Crippen molar-refractivity contribution in [3.8, 4) is 0 Å². The zero-order valence-electron chi connectivity index (χ0n) is 13.3. The highest BCUT2D eigenvalue weighted by atomic mass is 15.3. The van der Waals surface area contributed by atoms with Gasteiger partial charge in [0.05, 0.1) is 6.20 Å². The van der Waals surface area contributed by atoms with Crippen molar-refractivity contribution in [3.05, 3.63) is 18.6 Å². The first kappa shape index (κ1) is 14.7. The highest BCUT2D eigenvalue weighted by Gasteiger charge is 2.43. The summed E-state index contributed by atoms with van der Waals surface area (Å²) in [5, 5.41) is 0. The van der Waals surface area contributed by atoms with Crippen molar-refractivity contribution in [2.24, 2.45) is 0 Å². The van der Waals surface area contributed by atoms with Gasteiger partial charge in [-0.2, -0.15) is 0 Å². The summed E-state index contributed by atoms with van der Waals surface area (Å²) in [5.74, 6) is 1.04. The van der Waals surface area contributed by atoms with Crippen molar-refractivity contribution in [1.82, 2.24) is 19.8 Å². The minimum absolute atomic E-state index is 0.367. The van der Waals surface area contributed by atoms with E-state index in [1.165, 1.54) is 38.8 Å². The van der Waals surface area contributed by atoms with Crippen molar-refractivity contribution in [2.75, 3.05) is 51.7 Å². The van der Waals surface area contributed by atoms with Gasteiger partial charge in [0.1, 0.15) is 5.82 Å². The van der Waals surface area contributed by atoms with Gasteiger partial charge in [0.2, 0.25) is 0 Å². The van der Waals surface area contributed by atoms with E-state index in [4.69, 9.17) is 0 Å². The molecule has 0 aliphatic carbocycles. The van der Waals surface area contributed by atoms with E-state index in [9.17, 15) is 0 Å². The molecule has 2 saturated heterocycles. The van der Waals surface area contributed by atoms with Gasteiger partial charge in [-0.05, 0) is 46.3 Å². The van der Waals surface area contributed by atoms with Crippen LogP contribution in [-0.2, 0) is 0 Å². The molecule has 0 N–H and O–H groups in total. The summed E-state index contributed by atoms with van der Waals surface area (Å²) in [7, 11) is 4.32. The number of aromatic nitrogens is 2. The maximum Gasteiger partial charge on any atom is 0.147 e. The lowest BCUT2D eigenvalue weighted by Gasteiger charge is -2.46. The van der Waals surface area contributed by atoms with Crippen LogP contribution in [0.2, 0.25) is 0 Å². The fourth-order valence-electron chi connectivity index (χ4n) is 3.89. The Bertz CT molecular complexity index is 449. The average Bonchev–Trinajstić information content (AvgIpc) is 2.88. The maximum atomic E-state index is 4.49. The molecule has 3 rings (SSSR count). The van der Waals surface area contributed by atoms with Crippen LogP contribution in [0, 0.1) is 0 Å². The van der Waals surface area contributed by atoms with Crippen LogP contribution in [0.15, 0.2) is 18.6 Å². The number of rotatable bonds is 4. The van der Waals surface area contributed by atoms with Crippen LogP contribution in [0.4, 0.5) is 5.82 Å². The summed E-state index contributed by atoms with van der Waals surface area (Å²) in [6.45, 7) is 5.80. The Morgan fingerprint density at radius 1 is 1.19 bits per heavy atom. The minimum atomic E-state index is 0.367. The molecule has 1 aromatic heterocycles. The van der Waals surface area contributed by atoms with Gasteiger partial charge in [0.25, 0.3) is 0 Å². The lowest BCUT2D eigenvalue weighted by atomic mass is 9.86. The second-order valence-corrected chi connectivity index (χ2v) is 6.71. The van der Waals surface area contributed by atoms with Crippen molar-refractivity contribution in [1.29, 1.82) is 0 Å². The molecule has 2 fully saturated rings. The minimum Gasteiger partial charge on any atom is -0.353 e. The van der Waals surface area contributed by atoms with E-state index >= 15 is 0 Å². The molecule has 21 heavy (non-hydrogen) atoms. The summed E-state index contributed by atoms with van der Waals surface area (Å²) in [6, 6.07) is 0. The van der Waals surface area contributed by atoms with Crippen LogP contribution in [0.5, 0.6) is 0 Å². The van der Waals surface area contributed by atoms with Crippen molar-refractivity contribution in [3.63, 3.8) is 0 Å². The zero-order valence-corrected chi connectivity index (χ0v) is 13.3. The van der Waals surface area contributed by atoms with Gasteiger partial charge in [-0.3, -0.25) is 9.88 Å². The van der Waals surface area contributed by atoms with Gasteiger partial charge in [0.15, 0.2) is 0 Å². The van der Waals surface area contributed by atoms with Gasteiger partial charge >= 0.3 is 0 Å². The predicted molar refractivity (Wildman–Crippen MR) is 85.6 cm³/mol. The molecule has 0 amide bonds. The molecule has 1 atom stereocenters. The lowest BCUT2D eigenvalue weighted by molar-refractivity contribution is 0.108. The lowest BCUT2D eigenvalue weighted by Crippen LogP contribution is -2.57. The molecule has 0 unspecified atom stereocenters. The molecule has 0 radical (unpaired) electrons. The van der Waals surface area contributed by atoms with E-state index in [0.717, 1.165) is 25.5 Å². The normalized spacial score (nSPS) is 26.9. The van der Waals surface area contributed by atoms with Crippen LogP contribution in [0.25, 0.3) is 0 Å². The SMILES string of the molecule is CN(C)CCN1CCC[C@@]12CCCN(c1cnccn1)C2. The Labute approximate surface area is 128 Å². The van der Waals surface area contributed by atoms with E-state index in [0.29, 0.717) is 5.54 Å². The molecule has 2 aliphatic rings. The van der Waals surface area contributed by atoms with Gasteiger partial charge in [-0.1, -0.05) is 0 Å². The Morgan fingerprint density at radius 2 is 2.00 bits per heavy atom. The second kappa shape index (κ2) is 6.28. The van der Waals surface area contributed by atoms with E-state index in [-0.39, 0.29) is 0 Å². The standard InChI is InChI=1S/C16H27N5/c1-19(2)11-12-21-10-4-6-16(21)5-3-9-20(14-16)15-13-17-7-8-18-15/h7-8,13H,3-6,9-12,14H2,1-2H3/t16-/m1/s1. The fraction of sp³-hybridized carbons (Fsp3) is 0.750. The first-order chi connectivity index (χ1) is 10.2. The van der Waals surface area contributed by atoms with Crippen molar-refractivity contribution >= 4 is 5.82 Å². The number of nitrogens with zero attached hydrogens (tertiary/aromatic N) is 5. The molecule has 0 aromatic carbocycles. The topological polar surface area (TPSA) is 35.5 Å². The molecule has 3 heterocycles. The molecular weight excluding hydrogens is 262 g/mol. The van der Waals surface area contributed by atoms with Gasteiger partial charge in [-0.15, -0.1) is 0 Å². The third-order valence-electron chi connectivity index (χ3n) is 4.99. The monoisotopic (exact) mass is 289 g/mol. The largest absolute Gasteiger partial charge is 0.353 e. The molecule has 1 aromatic rings. The van der Waals surface area contributed by atoms with Crippen LogP contribution in [-0.4, -0.2) is 72.1 Å². The van der Waals surface area contributed by atoms with Crippen molar-refractivity contribution in [2.45, 2.75) is 31.2 Å². The first-order valence-electron chi connectivity index (χ1n) is 8.10. The summed E-state index contributed by atoms with van der Waals surface area (Å²) < 4.78 is 0. The summed E-state index contributed by atoms with van der Waals surface area (Å²) in [5.41, 5.74) is 0.367. The van der Waals surface area contributed by atoms with Gasteiger partial charge in [-0.25, -0.2) is 4.98 Å². The van der Waals surface area contributed by atoms with E-state index in [2.05, 4.69) is 38.8 Å². The van der Waals surface area contributed by atoms with Crippen molar-refractivity contribution < 1.29 is 0 Å². The average molecular weight is 289 g/mol. The molecule has 1 spiro atoms. The molecule has 0 saturated carbocycles. The van der Waals surface area contributed by atoms with E-state index in [1.807, 2.05) is 6.20 Å². The van der Waals surface area contributed by atoms with E-state index < -0.39 is 0 Å². The van der Waals surface area contributed by atoms with Crippen LogP contribution < -0.4 is 4.90 Å². The fourth-order valence-corrected chi connectivity index (χ4v) is 3.89. The van der Waals surface area contributed by atoms with Crippen LogP contribution in [0.3, 0.4) is 0 Å². The van der Waals surface area contributed by atoms with E-state index in [1.54, 1.807) is 12.4 Å². The number of likely N-dealkylation sites (N-methyl/N-ethyl adjacent to an activating group) is 1. The predicted octanol–water partition coefficient (Wildman–Crippen LogP) is 1.47. The highest BCUT2D eigenvalue weighted by Crippen LogP contribution is 2.37. The highest BCUT2D eigenvalue weighted by molar-refractivity contribution is 5.37. The quantitative estimate of drug-likeness (QED) is 0.839. The number of anilines is 1. The van der Waals surface area contributed by atoms with Gasteiger partial charge < -0.3 is 9.80 Å². The molecular formula is C16H27N5. The smallest absolute Gasteiger partial charge is 0.147 e. The number of hydrogen-bond acceptors (Lipinski definition) is 5. The molecule has 5 nitrogen and oxygen atoms in total. The molecule has 0 bridgehead atoms. The Morgan fingerprint density at radius 3 is 2.71 bits per heavy atom. The summed E-state index contributed by atoms with van der Waals surface area (Å²) in [6.07, 6.45) is 10.7. The third kappa shape index (κ3) is 3.19. The Kier molecular flexibility index (Phi) is 4.40. The number of piperidine rings is 1. The molecule has 116 valence electrons. The number of hydrogen-bond donors (Lipinski definition) is 0. The summed E-state index contributed by atoms with van der Waals surface area (Å²) >= 11 is 0. The number of likely N-dealkylation sites (tertiary alicyclic amines) is 1. The third-order valence-corrected chi connectivity index (χ3v) is 4.99. The summed E-state index contributed by atoms with van der Waals surface area (Å²) in [4.78, 5) is 16.2. The Hall–Kier alpha value is -1.20. The molecule has 2 aliphatic heterocycles. The zero-order chi connectivity index (χ0) is 14.7.